The summed E-state index contributed by atoms with van der Waals surface area (Å²) in [6.45, 7) is 5.08. The van der Waals surface area contributed by atoms with Crippen LogP contribution >= 0.6 is 0 Å². The van der Waals surface area contributed by atoms with Crippen LogP contribution in [0, 0.1) is 5.41 Å². The molecule has 0 radical (unpaired) electrons. The van der Waals surface area contributed by atoms with Crippen molar-refractivity contribution in [3.8, 4) is 0 Å². The molecule has 0 aromatic heterocycles. The molecule has 2 saturated heterocycles. The molecule has 3 rings (SSSR count). The van der Waals surface area contributed by atoms with E-state index >= 15 is 0 Å². The molecule has 2 fully saturated rings. The molecular weight excluding hydrogens is 350 g/mol. The minimum atomic E-state index is -1.11. The van der Waals surface area contributed by atoms with Crippen molar-refractivity contribution < 1.29 is 23.9 Å². The first-order valence-corrected chi connectivity index (χ1v) is 8.79. The topological polar surface area (TPSA) is 110 Å². The smallest absolute Gasteiger partial charge is 0.424 e. The number of hydrogen-bond acceptors (Lipinski definition) is 6. The van der Waals surface area contributed by atoms with Crippen LogP contribution in [-0.2, 0) is 19.1 Å². The fourth-order valence-electron chi connectivity index (χ4n) is 3.44. The first kappa shape index (κ1) is 18.9. The molecule has 27 heavy (non-hydrogen) atoms. The SMILES string of the molecule is CC(C)(C)OC(=O)N1C(=O)CCC2(CC(=O)N(c3ccc(N)cc3)C2)C1=O. The molecule has 2 aliphatic heterocycles. The van der Waals surface area contributed by atoms with E-state index in [-0.39, 0.29) is 31.7 Å². The molecule has 4 amide bonds. The minimum Gasteiger partial charge on any atom is -0.443 e. The summed E-state index contributed by atoms with van der Waals surface area (Å²) in [5.74, 6) is -1.50. The summed E-state index contributed by atoms with van der Waals surface area (Å²) in [4.78, 5) is 52.4. The summed E-state index contributed by atoms with van der Waals surface area (Å²) in [5.41, 5.74) is 4.92. The Morgan fingerprint density at radius 1 is 1.11 bits per heavy atom. The summed E-state index contributed by atoms with van der Waals surface area (Å²) in [5, 5.41) is 0. The van der Waals surface area contributed by atoms with E-state index < -0.39 is 28.9 Å². The molecule has 2 N–H and O–H groups in total. The zero-order valence-electron chi connectivity index (χ0n) is 15.7. The fourth-order valence-corrected chi connectivity index (χ4v) is 3.44. The van der Waals surface area contributed by atoms with Gasteiger partial charge in [0.05, 0.1) is 5.41 Å². The molecule has 8 nitrogen and oxygen atoms in total. The lowest BCUT2D eigenvalue weighted by Crippen LogP contribution is -2.55. The number of anilines is 2. The molecular formula is C19H23N3O5. The van der Waals surface area contributed by atoms with E-state index in [1.807, 2.05) is 0 Å². The van der Waals surface area contributed by atoms with E-state index in [0.29, 0.717) is 16.3 Å². The molecule has 144 valence electrons. The van der Waals surface area contributed by atoms with Crippen molar-refractivity contribution in [2.45, 2.75) is 45.6 Å². The third-order valence-corrected chi connectivity index (χ3v) is 4.76. The van der Waals surface area contributed by atoms with Crippen LogP contribution in [0.4, 0.5) is 16.2 Å². The Balaban J connectivity index is 1.86. The maximum absolute atomic E-state index is 13.1. The van der Waals surface area contributed by atoms with Gasteiger partial charge in [-0.3, -0.25) is 14.4 Å². The highest BCUT2D eigenvalue weighted by Crippen LogP contribution is 2.43. The van der Waals surface area contributed by atoms with Gasteiger partial charge in [-0.25, -0.2) is 4.79 Å². The quantitative estimate of drug-likeness (QED) is 0.596. The van der Waals surface area contributed by atoms with Crippen molar-refractivity contribution in [3.63, 3.8) is 0 Å². The third kappa shape index (κ3) is 3.51. The van der Waals surface area contributed by atoms with Crippen LogP contribution in [0.15, 0.2) is 24.3 Å². The van der Waals surface area contributed by atoms with E-state index in [0.717, 1.165) is 0 Å². The van der Waals surface area contributed by atoms with Gasteiger partial charge in [-0.05, 0) is 51.5 Å². The number of ether oxygens (including phenoxy) is 1. The van der Waals surface area contributed by atoms with Gasteiger partial charge in [0.15, 0.2) is 0 Å². The van der Waals surface area contributed by atoms with Gasteiger partial charge >= 0.3 is 6.09 Å². The number of carbonyl (C=O) groups excluding carboxylic acids is 4. The van der Waals surface area contributed by atoms with Crippen molar-refractivity contribution in [3.05, 3.63) is 24.3 Å². The first-order chi connectivity index (χ1) is 12.5. The largest absolute Gasteiger partial charge is 0.443 e. The van der Waals surface area contributed by atoms with E-state index in [2.05, 4.69) is 0 Å². The van der Waals surface area contributed by atoms with Gasteiger partial charge < -0.3 is 15.4 Å². The van der Waals surface area contributed by atoms with E-state index in [1.54, 1.807) is 45.0 Å². The maximum atomic E-state index is 13.1. The lowest BCUT2D eigenvalue weighted by molar-refractivity contribution is -0.155. The monoisotopic (exact) mass is 373 g/mol. The predicted molar refractivity (Wildman–Crippen MR) is 97.6 cm³/mol. The molecule has 0 bridgehead atoms. The van der Waals surface area contributed by atoms with Gasteiger partial charge in [-0.2, -0.15) is 4.90 Å². The van der Waals surface area contributed by atoms with Crippen LogP contribution in [0.2, 0.25) is 0 Å². The molecule has 2 aliphatic rings. The van der Waals surface area contributed by atoms with Crippen LogP contribution < -0.4 is 10.6 Å². The molecule has 1 aromatic carbocycles. The number of benzene rings is 1. The second-order valence-corrected chi connectivity index (χ2v) is 8.04. The van der Waals surface area contributed by atoms with Gasteiger partial charge in [0, 0.05) is 30.8 Å². The van der Waals surface area contributed by atoms with Crippen molar-refractivity contribution in [2.75, 3.05) is 17.2 Å². The summed E-state index contributed by atoms with van der Waals surface area (Å²) in [6.07, 6.45) is -0.812. The zero-order valence-corrected chi connectivity index (χ0v) is 15.7. The van der Waals surface area contributed by atoms with Crippen LogP contribution in [0.5, 0.6) is 0 Å². The second kappa shape index (κ2) is 6.37. The predicted octanol–water partition coefficient (Wildman–Crippen LogP) is 2.08. The summed E-state index contributed by atoms with van der Waals surface area (Å²) in [6, 6.07) is 6.76. The third-order valence-electron chi connectivity index (χ3n) is 4.76. The number of likely N-dealkylation sites (tertiary alicyclic amines) is 1. The molecule has 0 saturated carbocycles. The number of piperidine rings is 1. The van der Waals surface area contributed by atoms with Gasteiger partial charge in [0.2, 0.25) is 17.7 Å². The molecule has 1 aromatic rings. The average Bonchev–Trinajstić information content (AvgIpc) is 2.89. The summed E-state index contributed by atoms with van der Waals surface area (Å²) in [7, 11) is 0. The Kier molecular flexibility index (Phi) is 4.45. The number of rotatable bonds is 1. The average molecular weight is 373 g/mol. The van der Waals surface area contributed by atoms with Crippen LogP contribution in [0.1, 0.15) is 40.0 Å². The molecule has 8 heteroatoms. The number of amides is 4. The van der Waals surface area contributed by atoms with Gasteiger partial charge in [-0.15, -0.1) is 0 Å². The summed E-state index contributed by atoms with van der Waals surface area (Å²) < 4.78 is 5.21. The van der Waals surface area contributed by atoms with Crippen LogP contribution in [0.25, 0.3) is 0 Å². The molecule has 1 spiro atoms. The van der Waals surface area contributed by atoms with Gasteiger partial charge in [-0.1, -0.05) is 0 Å². The standard InChI is InChI=1S/C19H23N3O5/c1-18(2,3)27-17(26)22-14(23)8-9-19(16(22)25)10-15(24)21(11-19)13-6-4-12(20)5-7-13/h4-7H,8-11,20H2,1-3H3. The molecule has 0 aliphatic carbocycles. The first-order valence-electron chi connectivity index (χ1n) is 8.79. The number of hydrogen-bond donors (Lipinski definition) is 1. The Bertz CT molecular complexity index is 812. The molecule has 2 heterocycles. The lowest BCUT2D eigenvalue weighted by atomic mass is 9.78. The Hall–Kier alpha value is -2.90. The van der Waals surface area contributed by atoms with Gasteiger partial charge in [0.1, 0.15) is 5.60 Å². The lowest BCUT2D eigenvalue weighted by Gasteiger charge is -2.36. The number of nitrogens with two attached hydrogens (primary N) is 1. The zero-order chi connectivity index (χ0) is 20.0. The van der Waals surface area contributed by atoms with E-state index in [1.165, 1.54) is 4.90 Å². The van der Waals surface area contributed by atoms with Crippen molar-refractivity contribution in [1.82, 2.24) is 4.90 Å². The van der Waals surface area contributed by atoms with Crippen LogP contribution in [-0.4, -0.2) is 40.9 Å². The van der Waals surface area contributed by atoms with Crippen molar-refractivity contribution >= 4 is 35.2 Å². The van der Waals surface area contributed by atoms with Gasteiger partial charge in [0.25, 0.3) is 0 Å². The number of imide groups is 3. The second-order valence-electron chi connectivity index (χ2n) is 8.04. The highest BCUT2D eigenvalue weighted by molar-refractivity contribution is 6.15. The van der Waals surface area contributed by atoms with Crippen LogP contribution in [0.3, 0.4) is 0 Å². The highest BCUT2D eigenvalue weighted by atomic mass is 16.6. The minimum absolute atomic E-state index is 0.00778. The molecule has 1 atom stereocenters. The number of carbonyl (C=O) groups is 4. The number of nitrogens with zero attached hydrogens (tertiary/aromatic N) is 2. The Morgan fingerprint density at radius 2 is 1.74 bits per heavy atom. The summed E-state index contributed by atoms with van der Waals surface area (Å²) >= 11 is 0. The van der Waals surface area contributed by atoms with Crippen molar-refractivity contribution in [1.29, 1.82) is 0 Å². The fraction of sp³-hybridized carbons (Fsp3) is 0.474. The normalized spacial score (nSPS) is 23.3. The molecule has 1 unspecified atom stereocenters. The highest BCUT2D eigenvalue weighted by Gasteiger charge is 2.56. The maximum Gasteiger partial charge on any atom is 0.424 e. The Labute approximate surface area is 157 Å². The van der Waals surface area contributed by atoms with E-state index in [4.69, 9.17) is 10.5 Å². The van der Waals surface area contributed by atoms with Crippen molar-refractivity contribution in [2.24, 2.45) is 5.41 Å². The number of nitrogen functional groups attached to an aromatic ring is 1. The Morgan fingerprint density at radius 3 is 2.33 bits per heavy atom. The van der Waals surface area contributed by atoms with E-state index in [9.17, 15) is 19.2 Å².